The molecule has 1 N–H and O–H groups in total. The van der Waals surface area contributed by atoms with Crippen LogP contribution in [0.5, 0.6) is 11.5 Å². The highest BCUT2D eigenvalue weighted by molar-refractivity contribution is 5.91. The van der Waals surface area contributed by atoms with Gasteiger partial charge in [0.2, 0.25) is 0 Å². The molecular formula is C26H30N2O7. The first-order chi connectivity index (χ1) is 17.0. The molecule has 0 radical (unpaired) electrons. The molecule has 0 bridgehead atoms. The average molecular weight is 483 g/mol. The molecule has 2 aliphatic heterocycles. The Morgan fingerprint density at radius 1 is 1.14 bits per heavy atom. The minimum atomic E-state index is -1.17. The van der Waals surface area contributed by atoms with Gasteiger partial charge in [-0.25, -0.2) is 9.69 Å². The number of carbonyl (C=O) groups excluding carboxylic acids is 2. The number of ether oxygens (including phenoxy) is 4. The van der Waals surface area contributed by atoms with Gasteiger partial charge in [-0.3, -0.25) is 4.79 Å². The maximum atomic E-state index is 13.1. The molecule has 1 unspecified atom stereocenters. The monoisotopic (exact) mass is 482 g/mol. The third-order valence-electron chi connectivity index (χ3n) is 6.24. The van der Waals surface area contributed by atoms with E-state index < -0.39 is 12.3 Å². The van der Waals surface area contributed by atoms with E-state index in [4.69, 9.17) is 14.2 Å². The van der Waals surface area contributed by atoms with Gasteiger partial charge in [-0.15, -0.1) is 0 Å². The first-order valence-electron chi connectivity index (χ1n) is 11.5. The Bertz CT molecular complexity index is 1100. The number of hydrogen-bond donors (Lipinski definition) is 1. The fourth-order valence-corrected chi connectivity index (χ4v) is 4.57. The number of esters is 1. The van der Waals surface area contributed by atoms with E-state index in [2.05, 4.69) is 16.2 Å². The summed E-state index contributed by atoms with van der Waals surface area (Å²) in [4.78, 5) is 27.9. The number of para-hydroxylation sites is 1. The normalized spacial score (nSPS) is 18.0. The van der Waals surface area contributed by atoms with Gasteiger partial charge in [-0.05, 0) is 36.1 Å². The molecule has 0 aliphatic carbocycles. The van der Waals surface area contributed by atoms with Crippen molar-refractivity contribution in [3.05, 3.63) is 60.2 Å². The number of benzene rings is 2. The van der Waals surface area contributed by atoms with Crippen LogP contribution in [0.1, 0.15) is 24.0 Å². The van der Waals surface area contributed by atoms with E-state index >= 15 is 0 Å². The van der Waals surface area contributed by atoms with Gasteiger partial charge in [0.15, 0.2) is 17.7 Å². The zero-order valence-electron chi connectivity index (χ0n) is 19.9. The molecule has 1 amide bonds. The Kier molecular flexibility index (Phi) is 7.45. The van der Waals surface area contributed by atoms with Crippen LogP contribution in [0, 0.1) is 0 Å². The third-order valence-corrected chi connectivity index (χ3v) is 6.24. The number of fused-ring (bicyclic) bond motifs is 4. The molecule has 0 spiro atoms. The van der Waals surface area contributed by atoms with E-state index in [0.29, 0.717) is 36.6 Å². The van der Waals surface area contributed by atoms with Gasteiger partial charge in [-0.1, -0.05) is 30.9 Å². The van der Waals surface area contributed by atoms with Crippen molar-refractivity contribution in [1.82, 2.24) is 0 Å². The molecule has 2 atom stereocenters. The number of aliphatic hydroxyl groups excluding tert-OH is 1. The molecule has 0 saturated carbocycles. The van der Waals surface area contributed by atoms with E-state index in [-0.39, 0.29) is 31.6 Å². The highest BCUT2D eigenvalue weighted by Crippen LogP contribution is 2.44. The van der Waals surface area contributed by atoms with Crippen LogP contribution >= 0.6 is 0 Å². The summed E-state index contributed by atoms with van der Waals surface area (Å²) in [5.74, 6) is 0.566. The largest absolute Gasteiger partial charge is 0.493 e. The number of methoxy groups -OCH3 is 2. The molecule has 2 aliphatic rings. The van der Waals surface area contributed by atoms with E-state index in [9.17, 15) is 14.7 Å². The van der Waals surface area contributed by atoms with Crippen molar-refractivity contribution in [3.8, 4) is 11.5 Å². The summed E-state index contributed by atoms with van der Waals surface area (Å²) in [6.45, 7) is 4.32. The molecule has 35 heavy (non-hydrogen) atoms. The topological polar surface area (TPSA) is 97.8 Å². The molecule has 186 valence electrons. The maximum Gasteiger partial charge on any atom is 0.416 e. The highest BCUT2D eigenvalue weighted by Gasteiger charge is 2.43. The molecule has 9 heteroatoms. The number of hydrogen-bond acceptors (Lipinski definition) is 8. The van der Waals surface area contributed by atoms with Gasteiger partial charge >= 0.3 is 12.1 Å². The van der Waals surface area contributed by atoms with Gasteiger partial charge in [0.05, 0.1) is 32.6 Å². The van der Waals surface area contributed by atoms with E-state index in [1.807, 2.05) is 30.3 Å². The lowest BCUT2D eigenvalue weighted by molar-refractivity contribution is -0.140. The number of carbonyl (C=O) groups is 2. The predicted octanol–water partition coefficient (Wildman–Crippen LogP) is 3.42. The summed E-state index contributed by atoms with van der Waals surface area (Å²) >= 11 is 0. The summed E-state index contributed by atoms with van der Waals surface area (Å²) in [6.07, 6.45) is 0.890. The van der Waals surface area contributed by atoms with Crippen molar-refractivity contribution in [1.29, 1.82) is 0 Å². The molecule has 4 rings (SSSR count). The summed E-state index contributed by atoms with van der Waals surface area (Å²) in [5, 5.41) is 11.5. The highest BCUT2D eigenvalue weighted by atomic mass is 16.6. The first-order valence-corrected chi connectivity index (χ1v) is 11.5. The number of nitrogens with zero attached hydrogens (tertiary/aromatic N) is 2. The van der Waals surface area contributed by atoms with Crippen LogP contribution in [-0.4, -0.2) is 56.9 Å². The van der Waals surface area contributed by atoms with Crippen molar-refractivity contribution in [2.45, 2.75) is 38.1 Å². The van der Waals surface area contributed by atoms with Gasteiger partial charge in [0.25, 0.3) is 0 Å². The Labute approximate surface area is 204 Å². The molecule has 2 heterocycles. The minimum Gasteiger partial charge on any atom is -0.493 e. The zero-order chi connectivity index (χ0) is 24.9. The van der Waals surface area contributed by atoms with Gasteiger partial charge in [-0.2, -0.15) is 0 Å². The van der Waals surface area contributed by atoms with Crippen molar-refractivity contribution >= 4 is 23.4 Å². The van der Waals surface area contributed by atoms with Crippen LogP contribution in [0.2, 0.25) is 0 Å². The fraction of sp³-hybridized carbons (Fsp3) is 0.385. The molecule has 0 aromatic heterocycles. The Hall–Kier alpha value is -3.72. The van der Waals surface area contributed by atoms with E-state index in [1.54, 1.807) is 13.2 Å². The summed E-state index contributed by atoms with van der Waals surface area (Å²) in [5.41, 5.74) is 3.38. The molecular weight excluding hydrogens is 452 g/mol. The Balaban J connectivity index is 1.71. The first kappa shape index (κ1) is 24.4. The summed E-state index contributed by atoms with van der Waals surface area (Å²) in [7, 11) is 2.88. The van der Waals surface area contributed by atoms with Gasteiger partial charge in [0, 0.05) is 24.7 Å². The van der Waals surface area contributed by atoms with Crippen LogP contribution in [0.25, 0.3) is 0 Å². The number of amides is 1. The number of aliphatic hydroxyl groups is 1. The van der Waals surface area contributed by atoms with Crippen LogP contribution in [0.4, 0.5) is 16.2 Å². The summed E-state index contributed by atoms with van der Waals surface area (Å²) < 4.78 is 21.5. The van der Waals surface area contributed by atoms with Crippen molar-refractivity contribution < 1.29 is 33.6 Å². The zero-order valence-corrected chi connectivity index (χ0v) is 19.9. The average Bonchev–Trinajstić information content (AvgIpc) is 3.19. The molecule has 2 aromatic carbocycles. The third kappa shape index (κ3) is 4.90. The van der Waals surface area contributed by atoms with Crippen molar-refractivity contribution in [3.63, 3.8) is 0 Å². The van der Waals surface area contributed by atoms with Crippen LogP contribution in [-0.2, 0) is 27.2 Å². The second kappa shape index (κ2) is 10.7. The predicted molar refractivity (Wildman–Crippen MR) is 130 cm³/mol. The van der Waals surface area contributed by atoms with Crippen LogP contribution in [0.15, 0.2) is 49.1 Å². The Morgan fingerprint density at radius 3 is 2.69 bits per heavy atom. The number of rotatable bonds is 8. The van der Waals surface area contributed by atoms with Gasteiger partial charge < -0.3 is 29.0 Å². The second-order valence-corrected chi connectivity index (χ2v) is 8.34. The van der Waals surface area contributed by atoms with E-state index in [1.165, 1.54) is 18.1 Å². The van der Waals surface area contributed by atoms with Crippen molar-refractivity contribution in [2.75, 3.05) is 37.2 Å². The van der Waals surface area contributed by atoms with Crippen LogP contribution < -0.4 is 19.3 Å². The molecule has 9 nitrogen and oxygen atoms in total. The lowest BCUT2D eigenvalue weighted by Crippen LogP contribution is -2.51. The molecule has 0 fully saturated rings. The quantitative estimate of drug-likeness (QED) is 0.347. The molecule has 0 saturated heterocycles. The second-order valence-electron chi connectivity index (χ2n) is 8.34. The smallest absolute Gasteiger partial charge is 0.416 e. The number of anilines is 2. The van der Waals surface area contributed by atoms with E-state index in [0.717, 1.165) is 16.8 Å². The lowest BCUT2D eigenvalue weighted by atomic mass is 10.1. The minimum absolute atomic E-state index is 0.0129. The SMILES string of the molecule is C=CCOC(=O)N1c2cc(OCCCC(=O)OC)c(OC)cc2CN2c3ccccc3C[C@H]2C1O. The van der Waals surface area contributed by atoms with Crippen molar-refractivity contribution in [2.24, 2.45) is 0 Å². The fourth-order valence-electron chi connectivity index (χ4n) is 4.57. The molecule has 2 aromatic rings. The Morgan fingerprint density at radius 2 is 1.94 bits per heavy atom. The lowest BCUT2D eigenvalue weighted by Gasteiger charge is -2.32. The summed E-state index contributed by atoms with van der Waals surface area (Å²) in [6, 6.07) is 11.1. The maximum absolute atomic E-state index is 13.1. The van der Waals surface area contributed by atoms with Gasteiger partial charge in [0.1, 0.15) is 6.61 Å². The van der Waals surface area contributed by atoms with Crippen LogP contribution in [0.3, 0.4) is 0 Å². The standard InChI is InChI=1S/C26H30N2O7/c1-4-11-35-26(31)28-20-15-23(34-12-7-10-24(29)33-3)22(32-2)14-18(20)16-27-19-9-6-5-8-17(19)13-21(27)25(28)30/h4-6,8-9,14-15,21,25,30H,1,7,10-13,16H2,2-3H3/t21-,25?/m0/s1.